The van der Waals surface area contributed by atoms with Crippen LogP contribution >= 0.6 is 27.7 Å². The minimum Gasteiger partial charge on any atom is -0.507 e. The molecule has 0 atom stereocenters. The van der Waals surface area contributed by atoms with Crippen molar-refractivity contribution in [3.05, 3.63) is 52.5 Å². The maximum absolute atomic E-state index is 12.1. The summed E-state index contributed by atoms with van der Waals surface area (Å²) >= 11 is 4.84. The number of amides is 1. The lowest BCUT2D eigenvalue weighted by Gasteiger charge is -2.08. The van der Waals surface area contributed by atoms with E-state index in [1.54, 1.807) is 23.9 Å². The molecule has 0 unspecified atom stereocenters. The van der Waals surface area contributed by atoms with Crippen molar-refractivity contribution in [3.63, 3.8) is 0 Å². The summed E-state index contributed by atoms with van der Waals surface area (Å²) in [5.41, 5.74) is 0.955. The third-order valence-electron chi connectivity index (χ3n) is 2.53. The normalized spacial score (nSPS) is 10.2. The second-order valence-electron chi connectivity index (χ2n) is 3.85. The highest BCUT2D eigenvalue weighted by Gasteiger charge is 2.11. The molecule has 0 spiro atoms. The first kappa shape index (κ1) is 14.0. The highest BCUT2D eigenvalue weighted by atomic mass is 79.9. The molecule has 19 heavy (non-hydrogen) atoms. The van der Waals surface area contributed by atoms with Crippen molar-refractivity contribution in [1.29, 1.82) is 0 Å². The fraction of sp³-hybridized carbons (Fsp3) is 0.0714. The minimum atomic E-state index is -0.330. The largest absolute Gasteiger partial charge is 0.507 e. The predicted octanol–water partition coefficient (Wildman–Crippen LogP) is 4.13. The van der Waals surface area contributed by atoms with Crippen LogP contribution in [0.1, 0.15) is 10.4 Å². The van der Waals surface area contributed by atoms with Crippen LogP contribution in [0.3, 0.4) is 0 Å². The highest BCUT2D eigenvalue weighted by molar-refractivity contribution is 9.10. The highest BCUT2D eigenvalue weighted by Crippen LogP contribution is 2.24. The van der Waals surface area contributed by atoms with Gasteiger partial charge in [0.05, 0.1) is 5.56 Å². The summed E-state index contributed by atoms with van der Waals surface area (Å²) in [4.78, 5) is 13.1. The van der Waals surface area contributed by atoms with Crippen LogP contribution in [-0.4, -0.2) is 17.3 Å². The second kappa shape index (κ2) is 6.12. The van der Waals surface area contributed by atoms with Crippen LogP contribution in [0.15, 0.2) is 51.8 Å². The summed E-state index contributed by atoms with van der Waals surface area (Å²) in [6, 6.07) is 12.3. The first-order valence-corrected chi connectivity index (χ1v) is 7.56. The molecule has 2 aromatic carbocycles. The van der Waals surface area contributed by atoms with E-state index in [9.17, 15) is 9.90 Å². The van der Waals surface area contributed by atoms with Gasteiger partial charge in [-0.25, -0.2) is 0 Å². The van der Waals surface area contributed by atoms with Gasteiger partial charge in [-0.05, 0) is 42.7 Å². The Labute approximate surface area is 124 Å². The molecule has 0 saturated heterocycles. The van der Waals surface area contributed by atoms with Gasteiger partial charge in [0.1, 0.15) is 5.75 Å². The number of hydrogen-bond acceptors (Lipinski definition) is 3. The monoisotopic (exact) mass is 337 g/mol. The maximum atomic E-state index is 12.1. The average Bonchev–Trinajstić information content (AvgIpc) is 2.38. The summed E-state index contributed by atoms with van der Waals surface area (Å²) < 4.78 is 0.728. The minimum absolute atomic E-state index is 0.0482. The number of phenolic OH excluding ortho intramolecular Hbond substituents is 1. The van der Waals surface area contributed by atoms with Crippen LogP contribution in [0.4, 0.5) is 5.69 Å². The molecule has 0 fully saturated rings. The van der Waals surface area contributed by atoms with E-state index in [-0.39, 0.29) is 17.2 Å². The molecule has 0 heterocycles. The maximum Gasteiger partial charge on any atom is 0.259 e. The Balaban J connectivity index is 2.20. The fourth-order valence-corrected chi connectivity index (χ4v) is 2.40. The van der Waals surface area contributed by atoms with Gasteiger partial charge < -0.3 is 10.4 Å². The molecular weight excluding hydrogens is 326 g/mol. The number of thioether (sulfide) groups is 1. The van der Waals surface area contributed by atoms with E-state index in [1.807, 2.05) is 30.5 Å². The predicted molar refractivity (Wildman–Crippen MR) is 82.0 cm³/mol. The van der Waals surface area contributed by atoms with Crippen LogP contribution in [0.25, 0.3) is 0 Å². The molecular formula is C14H12BrNO2S. The summed E-state index contributed by atoms with van der Waals surface area (Å²) in [6.07, 6.45) is 1.97. The van der Waals surface area contributed by atoms with E-state index in [0.29, 0.717) is 5.69 Å². The zero-order chi connectivity index (χ0) is 13.8. The number of carbonyl (C=O) groups is 1. The Hall–Kier alpha value is -1.46. The van der Waals surface area contributed by atoms with Crippen LogP contribution in [0.5, 0.6) is 5.75 Å². The zero-order valence-electron chi connectivity index (χ0n) is 10.2. The lowest BCUT2D eigenvalue weighted by Crippen LogP contribution is -2.12. The van der Waals surface area contributed by atoms with Crippen LogP contribution in [0.2, 0.25) is 0 Å². The summed E-state index contributed by atoms with van der Waals surface area (Å²) in [5, 5.41) is 12.5. The molecule has 5 heteroatoms. The number of aromatic hydroxyl groups is 1. The van der Waals surface area contributed by atoms with Gasteiger partial charge in [0, 0.05) is 15.1 Å². The summed E-state index contributed by atoms with van der Waals surface area (Å²) in [7, 11) is 0. The van der Waals surface area contributed by atoms with Crippen LogP contribution < -0.4 is 5.32 Å². The van der Waals surface area contributed by atoms with Gasteiger partial charge in [-0.3, -0.25) is 4.79 Å². The van der Waals surface area contributed by atoms with Gasteiger partial charge in [0.2, 0.25) is 0 Å². The first-order chi connectivity index (χ1) is 9.10. The van der Waals surface area contributed by atoms with Gasteiger partial charge in [0.15, 0.2) is 0 Å². The van der Waals surface area contributed by atoms with Crippen molar-refractivity contribution in [2.75, 3.05) is 11.6 Å². The molecule has 98 valence electrons. The number of phenols is 1. The Kier molecular flexibility index (Phi) is 4.50. The van der Waals surface area contributed by atoms with E-state index >= 15 is 0 Å². The van der Waals surface area contributed by atoms with Crippen LogP contribution in [0, 0.1) is 0 Å². The Morgan fingerprint density at radius 1 is 1.26 bits per heavy atom. The molecule has 2 aromatic rings. The first-order valence-electron chi connectivity index (χ1n) is 5.54. The third kappa shape index (κ3) is 3.52. The molecule has 0 bridgehead atoms. The van der Waals surface area contributed by atoms with Crippen molar-refractivity contribution in [2.24, 2.45) is 0 Å². The topological polar surface area (TPSA) is 49.3 Å². The lowest BCUT2D eigenvalue weighted by atomic mass is 10.2. The number of nitrogens with one attached hydrogen (secondary N) is 1. The molecule has 0 radical (unpaired) electrons. The number of benzene rings is 2. The Morgan fingerprint density at radius 3 is 2.74 bits per heavy atom. The second-order valence-corrected chi connectivity index (χ2v) is 5.64. The van der Waals surface area contributed by atoms with Crippen molar-refractivity contribution < 1.29 is 9.90 Å². The Bertz CT molecular complexity index is 616. The van der Waals surface area contributed by atoms with Crippen molar-refractivity contribution >= 4 is 39.3 Å². The number of anilines is 1. The van der Waals surface area contributed by atoms with Gasteiger partial charge >= 0.3 is 0 Å². The number of halogens is 1. The van der Waals surface area contributed by atoms with E-state index in [0.717, 1.165) is 9.37 Å². The molecule has 0 aromatic heterocycles. The van der Waals surface area contributed by atoms with Gasteiger partial charge in [0.25, 0.3) is 5.91 Å². The molecule has 2 rings (SSSR count). The molecule has 0 aliphatic heterocycles. The van der Waals surface area contributed by atoms with E-state index in [4.69, 9.17) is 0 Å². The number of hydrogen-bond donors (Lipinski definition) is 2. The molecule has 0 saturated carbocycles. The molecule has 3 nitrogen and oxygen atoms in total. The van der Waals surface area contributed by atoms with Gasteiger partial charge in [-0.2, -0.15) is 0 Å². The Morgan fingerprint density at radius 2 is 2.05 bits per heavy atom. The SMILES string of the molecule is CSc1cccc(NC(=O)c2ccc(Br)cc2O)c1. The van der Waals surface area contributed by atoms with Crippen molar-refractivity contribution in [1.82, 2.24) is 0 Å². The lowest BCUT2D eigenvalue weighted by molar-refractivity contribution is 0.102. The van der Waals surface area contributed by atoms with E-state index in [1.165, 1.54) is 6.07 Å². The number of carbonyl (C=O) groups excluding carboxylic acids is 1. The summed E-state index contributed by atoms with van der Waals surface area (Å²) in [6.45, 7) is 0. The van der Waals surface area contributed by atoms with Gasteiger partial charge in [-0.15, -0.1) is 11.8 Å². The van der Waals surface area contributed by atoms with Gasteiger partial charge in [-0.1, -0.05) is 22.0 Å². The average molecular weight is 338 g/mol. The van der Waals surface area contributed by atoms with Crippen molar-refractivity contribution in [2.45, 2.75) is 4.90 Å². The van der Waals surface area contributed by atoms with E-state index in [2.05, 4.69) is 21.2 Å². The summed E-state index contributed by atoms with van der Waals surface area (Å²) in [5.74, 6) is -0.379. The van der Waals surface area contributed by atoms with Crippen LogP contribution in [-0.2, 0) is 0 Å². The zero-order valence-corrected chi connectivity index (χ0v) is 12.6. The standard InChI is InChI=1S/C14H12BrNO2S/c1-19-11-4-2-3-10(8-11)16-14(18)12-6-5-9(15)7-13(12)17/h2-8,17H,1H3,(H,16,18). The fourth-order valence-electron chi connectivity index (χ4n) is 1.60. The van der Waals surface area contributed by atoms with E-state index < -0.39 is 0 Å². The molecule has 1 amide bonds. The number of rotatable bonds is 3. The molecule has 0 aliphatic carbocycles. The van der Waals surface area contributed by atoms with Crippen molar-refractivity contribution in [3.8, 4) is 5.75 Å². The smallest absolute Gasteiger partial charge is 0.259 e. The molecule has 2 N–H and O–H groups in total. The quantitative estimate of drug-likeness (QED) is 0.828. The molecule has 0 aliphatic rings. The third-order valence-corrected chi connectivity index (χ3v) is 3.75.